The highest BCUT2D eigenvalue weighted by atomic mass is 32.2. The zero-order valence-corrected chi connectivity index (χ0v) is 24.9. The highest BCUT2D eigenvalue weighted by Crippen LogP contribution is 2.42. The standard InChI is InChI=1S/C29H40N4O5S2/c1-29(2)25(33(20-39-29)40(37,38)23-14-8-6-9-15-23)27(34)32-24(28(35)36)16-10-5-3-4-7-13-22-18-17-21-12-11-19-30-26(21)31-22/h6,8-9,14-15,17-18,24-25H,3-5,7,10-13,16,19-20H2,1-2H3,(H,30,31)(H,32,34)(H,35,36)/t24?,25-/m0/s1. The van der Waals surface area contributed by atoms with Crippen molar-refractivity contribution in [3.8, 4) is 0 Å². The quantitative estimate of drug-likeness (QED) is 0.293. The number of nitrogens with one attached hydrogen (secondary N) is 2. The normalized spacial score (nSPS) is 19.4. The average Bonchev–Trinajstić information content (AvgIpc) is 3.27. The number of carbonyl (C=O) groups is 2. The second-order valence-electron chi connectivity index (χ2n) is 11.0. The van der Waals surface area contributed by atoms with Crippen LogP contribution in [0.2, 0.25) is 0 Å². The molecule has 2 atom stereocenters. The maximum atomic E-state index is 13.4. The van der Waals surface area contributed by atoms with Crippen molar-refractivity contribution < 1.29 is 23.1 Å². The summed E-state index contributed by atoms with van der Waals surface area (Å²) in [7, 11) is -3.92. The fraction of sp³-hybridized carbons (Fsp3) is 0.552. The Kier molecular flexibility index (Phi) is 10.1. The summed E-state index contributed by atoms with van der Waals surface area (Å²) in [5.41, 5.74) is 2.38. The molecule has 0 bridgehead atoms. The molecule has 3 heterocycles. The number of fused-ring (bicyclic) bond motifs is 1. The van der Waals surface area contributed by atoms with E-state index in [0.29, 0.717) is 12.8 Å². The number of aliphatic carboxylic acids is 1. The van der Waals surface area contributed by atoms with E-state index in [0.717, 1.165) is 63.0 Å². The third-order valence-corrected chi connectivity index (χ3v) is 11.0. The van der Waals surface area contributed by atoms with E-state index in [1.165, 1.54) is 33.8 Å². The number of unbranched alkanes of at least 4 members (excludes halogenated alkanes) is 4. The molecular weight excluding hydrogens is 548 g/mol. The molecule has 40 heavy (non-hydrogen) atoms. The topological polar surface area (TPSA) is 129 Å². The number of hydrogen-bond donors (Lipinski definition) is 3. The Hall–Kier alpha value is -2.63. The van der Waals surface area contributed by atoms with Crippen LogP contribution >= 0.6 is 11.8 Å². The molecule has 2 aromatic rings. The smallest absolute Gasteiger partial charge is 0.326 e. The molecule has 4 rings (SSSR count). The number of hydrogen-bond acceptors (Lipinski definition) is 7. The van der Waals surface area contributed by atoms with E-state index < -0.39 is 38.7 Å². The Labute approximate surface area is 241 Å². The van der Waals surface area contributed by atoms with Gasteiger partial charge in [0.1, 0.15) is 17.9 Å². The lowest BCUT2D eigenvalue weighted by atomic mass is 10.0. The molecule has 2 aliphatic heterocycles. The van der Waals surface area contributed by atoms with Crippen LogP contribution in [0.15, 0.2) is 47.4 Å². The first-order chi connectivity index (χ1) is 19.1. The summed E-state index contributed by atoms with van der Waals surface area (Å²) in [5.74, 6) is -0.543. The van der Waals surface area contributed by atoms with Crippen LogP contribution in [-0.4, -0.2) is 63.9 Å². The Morgan fingerprint density at radius 3 is 2.60 bits per heavy atom. The summed E-state index contributed by atoms with van der Waals surface area (Å²) in [6.45, 7) is 4.60. The molecule has 218 valence electrons. The van der Waals surface area contributed by atoms with Crippen molar-refractivity contribution in [2.24, 2.45) is 0 Å². The van der Waals surface area contributed by atoms with Gasteiger partial charge in [-0.05, 0) is 69.7 Å². The minimum absolute atomic E-state index is 0.111. The van der Waals surface area contributed by atoms with Gasteiger partial charge in [0.15, 0.2) is 0 Å². The number of carbonyl (C=O) groups excluding carboxylic acids is 1. The van der Waals surface area contributed by atoms with Gasteiger partial charge in [0.25, 0.3) is 0 Å². The van der Waals surface area contributed by atoms with E-state index in [9.17, 15) is 23.1 Å². The van der Waals surface area contributed by atoms with E-state index in [4.69, 9.17) is 4.98 Å². The molecule has 0 saturated carbocycles. The molecule has 0 radical (unpaired) electrons. The number of anilines is 1. The minimum atomic E-state index is -3.92. The maximum absolute atomic E-state index is 13.4. The molecule has 1 unspecified atom stereocenters. The van der Waals surface area contributed by atoms with Gasteiger partial charge >= 0.3 is 5.97 Å². The number of carboxylic acids is 1. The Balaban J connectivity index is 1.25. The lowest BCUT2D eigenvalue weighted by molar-refractivity contribution is -0.142. The number of aryl methyl sites for hydroxylation is 2. The summed E-state index contributed by atoms with van der Waals surface area (Å²) in [6.07, 6.45) is 7.97. The minimum Gasteiger partial charge on any atom is -0.480 e. The third kappa shape index (κ3) is 7.36. The lowest BCUT2D eigenvalue weighted by Crippen LogP contribution is -2.56. The fourth-order valence-electron chi connectivity index (χ4n) is 5.31. The first-order valence-electron chi connectivity index (χ1n) is 14.1. The number of rotatable bonds is 13. The van der Waals surface area contributed by atoms with Gasteiger partial charge in [-0.15, -0.1) is 11.8 Å². The van der Waals surface area contributed by atoms with Gasteiger partial charge in [0, 0.05) is 17.0 Å². The van der Waals surface area contributed by atoms with Crippen LogP contribution in [0.1, 0.15) is 70.1 Å². The zero-order valence-electron chi connectivity index (χ0n) is 23.3. The predicted octanol–water partition coefficient (Wildman–Crippen LogP) is 4.43. The van der Waals surface area contributed by atoms with Crippen LogP contribution in [0.4, 0.5) is 5.82 Å². The maximum Gasteiger partial charge on any atom is 0.326 e. The largest absolute Gasteiger partial charge is 0.480 e. The van der Waals surface area contributed by atoms with Crippen LogP contribution in [0.3, 0.4) is 0 Å². The van der Waals surface area contributed by atoms with E-state index in [-0.39, 0.29) is 10.8 Å². The van der Waals surface area contributed by atoms with Crippen molar-refractivity contribution in [2.75, 3.05) is 17.7 Å². The Morgan fingerprint density at radius 2 is 1.85 bits per heavy atom. The number of amides is 1. The highest BCUT2D eigenvalue weighted by Gasteiger charge is 2.51. The zero-order chi connectivity index (χ0) is 28.8. The van der Waals surface area contributed by atoms with Gasteiger partial charge in [-0.2, -0.15) is 4.31 Å². The highest BCUT2D eigenvalue weighted by molar-refractivity contribution is 8.02. The van der Waals surface area contributed by atoms with Gasteiger partial charge in [-0.1, -0.05) is 49.9 Å². The van der Waals surface area contributed by atoms with Gasteiger partial charge < -0.3 is 15.7 Å². The van der Waals surface area contributed by atoms with Crippen molar-refractivity contribution in [3.05, 3.63) is 53.7 Å². The van der Waals surface area contributed by atoms with Crippen LogP contribution in [0, 0.1) is 0 Å². The first kappa shape index (κ1) is 30.3. The lowest BCUT2D eigenvalue weighted by Gasteiger charge is -2.30. The first-order valence-corrected chi connectivity index (χ1v) is 16.5. The molecular formula is C29H40N4O5S2. The number of sulfonamides is 1. The van der Waals surface area contributed by atoms with Crippen molar-refractivity contribution in [1.82, 2.24) is 14.6 Å². The number of thioether (sulfide) groups is 1. The molecule has 11 heteroatoms. The summed E-state index contributed by atoms with van der Waals surface area (Å²) in [5, 5.41) is 15.8. The van der Waals surface area contributed by atoms with E-state index in [1.807, 2.05) is 13.8 Å². The number of pyridine rings is 1. The Bertz CT molecular complexity index is 1290. The molecule has 3 N–H and O–H groups in total. The summed E-state index contributed by atoms with van der Waals surface area (Å²) in [4.78, 5) is 30.2. The van der Waals surface area contributed by atoms with Crippen molar-refractivity contribution in [1.29, 1.82) is 0 Å². The van der Waals surface area contributed by atoms with Gasteiger partial charge in [0.05, 0.1) is 10.8 Å². The number of nitrogens with zero attached hydrogens (tertiary/aromatic N) is 2. The molecule has 0 spiro atoms. The average molecular weight is 589 g/mol. The molecule has 1 aromatic carbocycles. The van der Waals surface area contributed by atoms with Crippen LogP contribution < -0.4 is 10.6 Å². The number of carboxylic acid groups (broad SMARTS) is 1. The third-order valence-electron chi connectivity index (χ3n) is 7.60. The monoisotopic (exact) mass is 588 g/mol. The van der Waals surface area contributed by atoms with Crippen molar-refractivity contribution in [2.45, 2.75) is 93.4 Å². The van der Waals surface area contributed by atoms with Gasteiger partial charge in [-0.25, -0.2) is 18.2 Å². The van der Waals surface area contributed by atoms with Crippen LogP contribution in [0.25, 0.3) is 0 Å². The Morgan fingerprint density at radius 1 is 1.12 bits per heavy atom. The number of benzene rings is 1. The SMILES string of the molecule is CC1(C)SCN(S(=O)(=O)c2ccccc2)[C@H]1C(=O)NC(CCCCCCCc1ccc2c(n1)NCCC2)C(=O)O. The van der Waals surface area contributed by atoms with Crippen molar-refractivity contribution >= 4 is 39.5 Å². The van der Waals surface area contributed by atoms with E-state index in [1.54, 1.807) is 18.2 Å². The van der Waals surface area contributed by atoms with E-state index in [2.05, 4.69) is 22.8 Å². The summed E-state index contributed by atoms with van der Waals surface area (Å²) in [6, 6.07) is 10.2. The molecule has 1 saturated heterocycles. The van der Waals surface area contributed by atoms with E-state index >= 15 is 0 Å². The van der Waals surface area contributed by atoms with Gasteiger partial charge in [0.2, 0.25) is 15.9 Å². The van der Waals surface area contributed by atoms with Gasteiger partial charge in [-0.3, -0.25) is 4.79 Å². The molecule has 1 fully saturated rings. The molecule has 0 aliphatic carbocycles. The molecule has 1 amide bonds. The van der Waals surface area contributed by atoms with Crippen LogP contribution in [-0.2, 0) is 32.5 Å². The predicted molar refractivity (Wildman–Crippen MR) is 158 cm³/mol. The molecule has 1 aromatic heterocycles. The molecule has 2 aliphatic rings. The number of aromatic nitrogens is 1. The fourth-order valence-corrected chi connectivity index (χ4v) is 8.50. The second kappa shape index (κ2) is 13.4. The van der Waals surface area contributed by atoms with Crippen LogP contribution in [0.5, 0.6) is 0 Å². The molecule has 9 nitrogen and oxygen atoms in total. The second-order valence-corrected chi connectivity index (χ2v) is 14.5. The van der Waals surface area contributed by atoms with Crippen molar-refractivity contribution in [3.63, 3.8) is 0 Å². The summed E-state index contributed by atoms with van der Waals surface area (Å²) < 4.78 is 27.1. The summed E-state index contributed by atoms with van der Waals surface area (Å²) >= 11 is 1.37.